The molecule has 6 heteroatoms. The van der Waals surface area contributed by atoms with Crippen LogP contribution < -0.4 is 15.0 Å². The second-order valence-corrected chi connectivity index (χ2v) is 5.96. The molecule has 0 radical (unpaired) electrons. The van der Waals surface area contributed by atoms with Crippen molar-refractivity contribution in [1.29, 1.82) is 0 Å². The van der Waals surface area contributed by atoms with E-state index < -0.39 is 0 Å². The molecule has 1 atom stereocenters. The number of anilines is 1. The van der Waals surface area contributed by atoms with Crippen molar-refractivity contribution in [3.63, 3.8) is 0 Å². The van der Waals surface area contributed by atoms with E-state index >= 15 is 0 Å². The number of hydrogen-bond donors (Lipinski definition) is 2. The van der Waals surface area contributed by atoms with Crippen molar-refractivity contribution in [2.75, 3.05) is 31.2 Å². The standard InChI is InChI=1S/C18H19ClN2O3/c19-14-3-1-13(2-4-14)17-11-20-12-18(23)21(17)15-5-7-16(8-6-15)24-10-9-22/h1-8,17,20,22H,9-12H2/t17-/m0/s1. The summed E-state index contributed by atoms with van der Waals surface area (Å²) in [5, 5.41) is 12.6. The molecule has 1 heterocycles. The molecule has 0 aliphatic carbocycles. The molecule has 2 aromatic rings. The second-order valence-electron chi connectivity index (χ2n) is 5.53. The van der Waals surface area contributed by atoms with Crippen LogP contribution in [0.25, 0.3) is 0 Å². The maximum atomic E-state index is 12.5. The first-order chi connectivity index (χ1) is 11.7. The second kappa shape index (κ2) is 7.66. The Kier molecular flexibility index (Phi) is 5.35. The van der Waals surface area contributed by atoms with Gasteiger partial charge in [0.05, 0.1) is 19.2 Å². The molecule has 2 aromatic carbocycles. The molecule has 0 saturated carbocycles. The monoisotopic (exact) mass is 346 g/mol. The summed E-state index contributed by atoms with van der Waals surface area (Å²) in [6.07, 6.45) is 0. The van der Waals surface area contributed by atoms with Gasteiger partial charge in [0.15, 0.2) is 0 Å². The average Bonchev–Trinajstić information content (AvgIpc) is 2.61. The summed E-state index contributed by atoms with van der Waals surface area (Å²) in [7, 11) is 0. The number of nitrogens with one attached hydrogen (secondary N) is 1. The smallest absolute Gasteiger partial charge is 0.241 e. The molecule has 0 spiro atoms. The number of carbonyl (C=O) groups excluding carboxylic acids is 1. The topological polar surface area (TPSA) is 61.8 Å². The van der Waals surface area contributed by atoms with E-state index in [0.717, 1.165) is 11.3 Å². The Morgan fingerprint density at radius 3 is 2.54 bits per heavy atom. The largest absolute Gasteiger partial charge is 0.491 e. The van der Waals surface area contributed by atoms with Crippen molar-refractivity contribution < 1.29 is 14.6 Å². The summed E-state index contributed by atoms with van der Waals surface area (Å²) in [5.41, 5.74) is 1.85. The lowest BCUT2D eigenvalue weighted by molar-refractivity contribution is -0.119. The first kappa shape index (κ1) is 16.8. The zero-order chi connectivity index (χ0) is 16.9. The maximum absolute atomic E-state index is 12.5. The van der Waals surface area contributed by atoms with E-state index in [1.54, 1.807) is 17.0 Å². The third-order valence-corrected chi connectivity index (χ3v) is 4.18. The van der Waals surface area contributed by atoms with Gasteiger partial charge in [0.1, 0.15) is 12.4 Å². The minimum Gasteiger partial charge on any atom is -0.491 e. The minimum atomic E-state index is -0.0901. The number of benzene rings is 2. The molecule has 1 aliphatic heterocycles. The van der Waals surface area contributed by atoms with Gasteiger partial charge in [-0.15, -0.1) is 0 Å². The molecule has 1 amide bonds. The van der Waals surface area contributed by atoms with Crippen molar-refractivity contribution in [2.45, 2.75) is 6.04 Å². The lowest BCUT2D eigenvalue weighted by Crippen LogP contribution is -2.50. The number of piperazine rings is 1. The predicted octanol–water partition coefficient (Wildman–Crippen LogP) is 2.39. The fourth-order valence-corrected chi connectivity index (χ4v) is 2.93. The molecule has 0 unspecified atom stereocenters. The molecule has 2 N–H and O–H groups in total. The molecule has 24 heavy (non-hydrogen) atoms. The van der Waals surface area contributed by atoms with E-state index in [0.29, 0.717) is 23.9 Å². The van der Waals surface area contributed by atoms with Gasteiger partial charge in [0.2, 0.25) is 5.91 Å². The molecule has 1 saturated heterocycles. The summed E-state index contributed by atoms with van der Waals surface area (Å²) in [5.74, 6) is 0.684. The van der Waals surface area contributed by atoms with Crippen LogP contribution in [0.1, 0.15) is 11.6 Å². The highest BCUT2D eigenvalue weighted by atomic mass is 35.5. The Morgan fingerprint density at radius 1 is 1.17 bits per heavy atom. The number of aliphatic hydroxyl groups is 1. The van der Waals surface area contributed by atoms with Crippen LogP contribution in [0.2, 0.25) is 5.02 Å². The van der Waals surface area contributed by atoms with Gasteiger partial charge in [0, 0.05) is 17.3 Å². The summed E-state index contributed by atoms with van der Waals surface area (Å²) in [6, 6.07) is 14.8. The van der Waals surface area contributed by atoms with Crippen LogP contribution in [0.5, 0.6) is 5.75 Å². The highest BCUT2D eigenvalue weighted by molar-refractivity contribution is 6.30. The number of amides is 1. The molecule has 126 valence electrons. The van der Waals surface area contributed by atoms with Crippen LogP contribution in [-0.4, -0.2) is 37.3 Å². The first-order valence-corrected chi connectivity index (χ1v) is 8.19. The molecule has 0 bridgehead atoms. The number of halogens is 1. The molecule has 1 fully saturated rings. The fraction of sp³-hybridized carbons (Fsp3) is 0.278. The summed E-state index contributed by atoms with van der Waals surface area (Å²) in [6.45, 7) is 1.21. The highest BCUT2D eigenvalue weighted by Gasteiger charge is 2.30. The third kappa shape index (κ3) is 3.70. The third-order valence-electron chi connectivity index (χ3n) is 3.92. The quantitative estimate of drug-likeness (QED) is 0.872. The van der Waals surface area contributed by atoms with Gasteiger partial charge >= 0.3 is 0 Å². The summed E-state index contributed by atoms with van der Waals surface area (Å²) >= 11 is 5.96. The maximum Gasteiger partial charge on any atom is 0.241 e. The van der Waals surface area contributed by atoms with Gasteiger partial charge in [0.25, 0.3) is 0 Å². The van der Waals surface area contributed by atoms with Crippen molar-refractivity contribution in [3.8, 4) is 5.75 Å². The molecular formula is C18H19ClN2O3. The lowest BCUT2D eigenvalue weighted by atomic mass is 10.0. The number of rotatable bonds is 5. The molecule has 5 nitrogen and oxygen atoms in total. The zero-order valence-corrected chi connectivity index (χ0v) is 13.9. The molecule has 0 aromatic heterocycles. The van der Waals surface area contributed by atoms with E-state index in [1.807, 2.05) is 36.4 Å². The van der Waals surface area contributed by atoms with Gasteiger partial charge in [-0.2, -0.15) is 0 Å². The highest BCUT2D eigenvalue weighted by Crippen LogP contribution is 2.30. The van der Waals surface area contributed by atoms with Gasteiger partial charge in [-0.1, -0.05) is 23.7 Å². The van der Waals surface area contributed by atoms with Crippen LogP contribution in [0, 0.1) is 0 Å². The zero-order valence-electron chi connectivity index (χ0n) is 13.1. The minimum absolute atomic E-state index is 0.0187. The first-order valence-electron chi connectivity index (χ1n) is 7.81. The van der Waals surface area contributed by atoms with Crippen LogP contribution >= 0.6 is 11.6 Å². The Labute approximate surface area is 145 Å². The van der Waals surface area contributed by atoms with E-state index in [9.17, 15) is 4.79 Å². The number of aliphatic hydroxyl groups excluding tert-OH is 1. The van der Waals surface area contributed by atoms with Crippen molar-refractivity contribution >= 4 is 23.2 Å². The Hall–Kier alpha value is -2.08. The SMILES string of the molecule is O=C1CNC[C@@H](c2ccc(Cl)cc2)N1c1ccc(OCCO)cc1. The van der Waals surface area contributed by atoms with E-state index in [1.165, 1.54) is 0 Å². The van der Waals surface area contributed by atoms with E-state index in [2.05, 4.69) is 5.32 Å². The number of carbonyl (C=O) groups is 1. The summed E-state index contributed by atoms with van der Waals surface area (Å²) < 4.78 is 5.37. The van der Waals surface area contributed by atoms with Gasteiger partial charge in [-0.3, -0.25) is 4.79 Å². The number of hydrogen-bond acceptors (Lipinski definition) is 4. The van der Waals surface area contributed by atoms with Crippen LogP contribution in [0.15, 0.2) is 48.5 Å². The normalized spacial score (nSPS) is 17.8. The number of nitrogens with zero attached hydrogens (tertiary/aromatic N) is 1. The fourth-order valence-electron chi connectivity index (χ4n) is 2.81. The number of ether oxygens (including phenoxy) is 1. The van der Waals surface area contributed by atoms with E-state index in [-0.39, 0.29) is 25.2 Å². The summed E-state index contributed by atoms with van der Waals surface area (Å²) in [4.78, 5) is 14.3. The van der Waals surface area contributed by atoms with Crippen molar-refractivity contribution in [1.82, 2.24) is 5.32 Å². The van der Waals surface area contributed by atoms with Crippen LogP contribution in [0.3, 0.4) is 0 Å². The molecular weight excluding hydrogens is 328 g/mol. The van der Waals surface area contributed by atoms with Crippen LogP contribution in [0.4, 0.5) is 5.69 Å². The molecule has 3 rings (SSSR count). The van der Waals surface area contributed by atoms with Gasteiger partial charge < -0.3 is 20.1 Å². The Balaban J connectivity index is 1.86. The predicted molar refractivity (Wildman–Crippen MR) is 93.6 cm³/mol. The average molecular weight is 347 g/mol. The molecule has 1 aliphatic rings. The van der Waals surface area contributed by atoms with Crippen LogP contribution in [-0.2, 0) is 4.79 Å². The van der Waals surface area contributed by atoms with Crippen molar-refractivity contribution in [2.24, 2.45) is 0 Å². The Bertz CT molecular complexity index is 688. The lowest BCUT2D eigenvalue weighted by Gasteiger charge is -2.36. The van der Waals surface area contributed by atoms with Gasteiger partial charge in [-0.25, -0.2) is 0 Å². The van der Waals surface area contributed by atoms with E-state index in [4.69, 9.17) is 21.4 Å². The van der Waals surface area contributed by atoms with Gasteiger partial charge in [-0.05, 0) is 42.0 Å². The van der Waals surface area contributed by atoms with Crippen molar-refractivity contribution in [3.05, 3.63) is 59.1 Å². The Morgan fingerprint density at radius 2 is 1.88 bits per heavy atom.